The average Bonchev–Trinajstić information content (AvgIpc) is 2.65. The molecule has 0 spiro atoms. The van der Waals surface area contributed by atoms with Crippen molar-refractivity contribution in [2.24, 2.45) is 0 Å². The fourth-order valence-electron chi connectivity index (χ4n) is 3.39. The van der Waals surface area contributed by atoms with Gasteiger partial charge in [0.2, 0.25) is 0 Å². The lowest BCUT2D eigenvalue weighted by molar-refractivity contribution is 0.559. The Bertz CT molecular complexity index is 1190. The van der Waals surface area contributed by atoms with Gasteiger partial charge in [0.1, 0.15) is 10.6 Å². The Morgan fingerprint density at radius 2 is 1.93 bits per heavy atom. The third-order valence-electron chi connectivity index (χ3n) is 4.74. The Labute approximate surface area is 161 Å². The number of aryl methyl sites for hydroxylation is 1. The lowest BCUT2D eigenvalue weighted by Gasteiger charge is -2.13. The standard InChI is InChI=1S/C22H20N2O2S/c1-13(2)18-10-19-16(9-21(25)26-20(19)8-14(18)3)12-27-22-17-7-5-4-6-15(17)11-23-24-22/h4-11,13H,12H2,1-3H3. The molecule has 0 radical (unpaired) electrons. The van der Waals surface area contributed by atoms with E-state index in [-0.39, 0.29) is 5.63 Å². The normalized spacial score (nSPS) is 11.6. The first-order chi connectivity index (χ1) is 13.0. The van der Waals surface area contributed by atoms with Crippen LogP contribution in [0.1, 0.15) is 36.5 Å². The maximum Gasteiger partial charge on any atom is 0.336 e. The summed E-state index contributed by atoms with van der Waals surface area (Å²) >= 11 is 1.59. The molecule has 2 heterocycles. The van der Waals surface area contributed by atoms with Crippen LogP contribution in [0.15, 0.2) is 62.9 Å². The molecule has 136 valence electrons. The summed E-state index contributed by atoms with van der Waals surface area (Å²) in [5.41, 5.74) is 3.70. The van der Waals surface area contributed by atoms with Crippen molar-refractivity contribution in [2.45, 2.75) is 37.5 Å². The van der Waals surface area contributed by atoms with Gasteiger partial charge in [-0.3, -0.25) is 0 Å². The summed E-state index contributed by atoms with van der Waals surface area (Å²) in [5.74, 6) is 1.04. The topological polar surface area (TPSA) is 56.0 Å². The molecule has 0 bridgehead atoms. The minimum absolute atomic E-state index is 0.321. The fourth-order valence-corrected chi connectivity index (χ4v) is 4.36. The molecule has 2 aromatic carbocycles. The zero-order valence-corrected chi connectivity index (χ0v) is 16.3. The number of fused-ring (bicyclic) bond motifs is 2. The molecule has 0 aliphatic carbocycles. The highest BCUT2D eigenvalue weighted by Gasteiger charge is 2.13. The number of thioether (sulfide) groups is 1. The average molecular weight is 376 g/mol. The van der Waals surface area contributed by atoms with Crippen LogP contribution < -0.4 is 5.63 Å². The molecule has 0 unspecified atom stereocenters. The number of benzene rings is 2. The van der Waals surface area contributed by atoms with Crippen LogP contribution in [0.4, 0.5) is 0 Å². The van der Waals surface area contributed by atoms with E-state index in [9.17, 15) is 4.79 Å². The van der Waals surface area contributed by atoms with Gasteiger partial charge in [-0.15, -0.1) is 5.10 Å². The third kappa shape index (κ3) is 3.47. The summed E-state index contributed by atoms with van der Waals surface area (Å²) < 4.78 is 5.45. The van der Waals surface area contributed by atoms with Crippen molar-refractivity contribution in [2.75, 3.05) is 0 Å². The van der Waals surface area contributed by atoms with Gasteiger partial charge in [-0.1, -0.05) is 49.9 Å². The van der Waals surface area contributed by atoms with Crippen molar-refractivity contribution in [1.82, 2.24) is 10.2 Å². The summed E-state index contributed by atoms with van der Waals surface area (Å²) in [5, 5.41) is 12.4. The highest BCUT2D eigenvalue weighted by Crippen LogP contribution is 2.32. The van der Waals surface area contributed by atoms with Crippen molar-refractivity contribution in [3.63, 3.8) is 0 Å². The SMILES string of the molecule is Cc1cc2oc(=O)cc(CSc3nncc4ccccc34)c2cc1C(C)C. The van der Waals surface area contributed by atoms with E-state index in [1.54, 1.807) is 24.0 Å². The summed E-state index contributed by atoms with van der Waals surface area (Å²) in [6.45, 7) is 6.41. The van der Waals surface area contributed by atoms with E-state index in [1.165, 1.54) is 5.56 Å². The van der Waals surface area contributed by atoms with Gasteiger partial charge in [-0.25, -0.2) is 4.79 Å². The van der Waals surface area contributed by atoms with Gasteiger partial charge in [0.15, 0.2) is 0 Å². The first-order valence-electron chi connectivity index (χ1n) is 8.93. The zero-order chi connectivity index (χ0) is 19.0. The molecular weight excluding hydrogens is 356 g/mol. The molecule has 0 saturated heterocycles. The van der Waals surface area contributed by atoms with Crippen molar-refractivity contribution in [3.8, 4) is 0 Å². The summed E-state index contributed by atoms with van der Waals surface area (Å²) in [7, 11) is 0. The molecule has 2 aromatic heterocycles. The second-order valence-electron chi connectivity index (χ2n) is 6.98. The Hall–Kier alpha value is -2.66. The van der Waals surface area contributed by atoms with Gasteiger partial charge < -0.3 is 4.42 Å². The van der Waals surface area contributed by atoms with Crippen LogP contribution in [0.2, 0.25) is 0 Å². The Morgan fingerprint density at radius 1 is 1.11 bits per heavy atom. The van der Waals surface area contributed by atoms with Crippen molar-refractivity contribution < 1.29 is 4.42 Å². The molecule has 5 heteroatoms. The van der Waals surface area contributed by atoms with Crippen LogP contribution in [0.5, 0.6) is 0 Å². The molecule has 0 saturated carbocycles. The summed E-state index contributed by atoms with van der Waals surface area (Å²) in [4.78, 5) is 12.1. The lowest BCUT2D eigenvalue weighted by Crippen LogP contribution is -2.02. The van der Waals surface area contributed by atoms with Gasteiger partial charge >= 0.3 is 5.63 Å². The van der Waals surface area contributed by atoms with Crippen LogP contribution in [0.3, 0.4) is 0 Å². The Balaban J connectivity index is 1.77. The second-order valence-corrected chi connectivity index (χ2v) is 7.94. The van der Waals surface area contributed by atoms with Crippen molar-refractivity contribution in [3.05, 3.63) is 75.8 Å². The van der Waals surface area contributed by atoms with Gasteiger partial charge in [0, 0.05) is 28.0 Å². The number of hydrogen-bond donors (Lipinski definition) is 0. The van der Waals surface area contributed by atoms with Crippen LogP contribution in [-0.4, -0.2) is 10.2 Å². The number of rotatable bonds is 4. The molecule has 4 rings (SSSR count). The van der Waals surface area contributed by atoms with Gasteiger partial charge in [-0.05, 0) is 41.7 Å². The van der Waals surface area contributed by atoms with E-state index in [1.807, 2.05) is 30.3 Å². The molecule has 0 aliphatic rings. The second kappa shape index (κ2) is 7.16. The predicted octanol–water partition coefficient (Wildman–Crippen LogP) is 5.46. The minimum Gasteiger partial charge on any atom is -0.423 e. The van der Waals surface area contributed by atoms with E-state index in [0.29, 0.717) is 17.3 Å². The van der Waals surface area contributed by atoms with Gasteiger partial charge in [-0.2, -0.15) is 5.10 Å². The molecule has 27 heavy (non-hydrogen) atoms. The highest BCUT2D eigenvalue weighted by molar-refractivity contribution is 7.98. The van der Waals surface area contributed by atoms with Crippen LogP contribution in [-0.2, 0) is 5.75 Å². The van der Waals surface area contributed by atoms with E-state index in [2.05, 4.69) is 37.0 Å². The van der Waals surface area contributed by atoms with Crippen LogP contribution in [0.25, 0.3) is 21.7 Å². The van der Waals surface area contributed by atoms with Crippen LogP contribution >= 0.6 is 11.8 Å². The highest BCUT2D eigenvalue weighted by atomic mass is 32.2. The Kier molecular flexibility index (Phi) is 4.70. The van der Waals surface area contributed by atoms with E-state index < -0.39 is 0 Å². The monoisotopic (exact) mass is 376 g/mol. The number of nitrogens with zero attached hydrogens (tertiary/aromatic N) is 2. The molecule has 0 amide bonds. The molecular formula is C22H20N2O2S. The maximum absolute atomic E-state index is 12.1. The predicted molar refractivity (Wildman–Crippen MR) is 110 cm³/mol. The summed E-state index contributed by atoms with van der Waals surface area (Å²) in [6.07, 6.45) is 1.77. The largest absolute Gasteiger partial charge is 0.423 e. The lowest BCUT2D eigenvalue weighted by atomic mass is 9.95. The third-order valence-corrected chi connectivity index (χ3v) is 5.77. The van der Waals surface area contributed by atoms with E-state index in [4.69, 9.17) is 4.42 Å². The van der Waals surface area contributed by atoms with Gasteiger partial charge in [0.05, 0.1) is 6.20 Å². The Morgan fingerprint density at radius 3 is 2.74 bits per heavy atom. The van der Waals surface area contributed by atoms with Crippen molar-refractivity contribution in [1.29, 1.82) is 0 Å². The maximum atomic E-state index is 12.1. The molecule has 0 N–H and O–H groups in total. The smallest absolute Gasteiger partial charge is 0.336 e. The fraction of sp³-hybridized carbons (Fsp3) is 0.227. The van der Waals surface area contributed by atoms with E-state index in [0.717, 1.165) is 32.3 Å². The van der Waals surface area contributed by atoms with Gasteiger partial charge in [0.25, 0.3) is 0 Å². The summed E-state index contributed by atoms with van der Waals surface area (Å²) in [6, 6.07) is 13.8. The number of hydrogen-bond acceptors (Lipinski definition) is 5. The van der Waals surface area contributed by atoms with Crippen molar-refractivity contribution >= 4 is 33.5 Å². The molecule has 4 aromatic rings. The first-order valence-corrected chi connectivity index (χ1v) is 9.92. The minimum atomic E-state index is -0.321. The quantitative estimate of drug-likeness (QED) is 0.350. The van der Waals surface area contributed by atoms with E-state index >= 15 is 0 Å². The van der Waals surface area contributed by atoms with Crippen LogP contribution in [0, 0.1) is 6.92 Å². The molecule has 0 atom stereocenters. The molecule has 0 fully saturated rings. The number of aromatic nitrogens is 2. The first kappa shape index (κ1) is 17.7. The molecule has 4 nitrogen and oxygen atoms in total. The molecule has 0 aliphatic heterocycles. The zero-order valence-electron chi connectivity index (χ0n) is 15.5.